The molecule has 0 aliphatic heterocycles. The molecule has 2 aromatic carbocycles. The van der Waals surface area contributed by atoms with E-state index in [-0.39, 0.29) is 16.5 Å². The maximum Gasteiger partial charge on any atom is 0.516 e. The van der Waals surface area contributed by atoms with Crippen molar-refractivity contribution in [1.82, 2.24) is 0 Å². The number of nitrogens with zero attached hydrogens (tertiary/aromatic N) is 1. The van der Waals surface area contributed by atoms with Crippen LogP contribution in [0.1, 0.15) is 0 Å². The predicted octanol–water partition coefficient (Wildman–Crippen LogP) is 4.27. The Balaban J connectivity index is 2.14. The molecule has 3 rings (SSSR count). The highest BCUT2D eigenvalue weighted by Gasteiger charge is 2.46. The van der Waals surface area contributed by atoms with Gasteiger partial charge in [-0.2, -0.15) is 21.6 Å². The molecule has 0 aliphatic rings. The third-order valence-corrected chi connectivity index (χ3v) is 4.57. The zero-order valence-corrected chi connectivity index (χ0v) is 13.5. The number of hydrogen-bond acceptors (Lipinski definition) is 5. The average Bonchev–Trinajstić information content (AvgIpc) is 2.93. The summed E-state index contributed by atoms with van der Waals surface area (Å²) in [7, 11) is -5.62. The number of benzene rings is 2. The van der Waals surface area contributed by atoms with Gasteiger partial charge in [0, 0.05) is 11.5 Å². The fourth-order valence-corrected chi connectivity index (χ4v) is 2.93. The van der Waals surface area contributed by atoms with Crippen LogP contribution in [0.3, 0.4) is 0 Å². The van der Waals surface area contributed by atoms with Crippen LogP contribution < -0.4 is 4.72 Å². The van der Waals surface area contributed by atoms with Crippen molar-refractivity contribution in [3.63, 3.8) is 0 Å². The van der Waals surface area contributed by atoms with Crippen LogP contribution in [0.25, 0.3) is 22.1 Å². The van der Waals surface area contributed by atoms with Gasteiger partial charge in [-0.3, -0.25) is 14.8 Å². The van der Waals surface area contributed by atoms with E-state index in [4.69, 9.17) is 4.42 Å². The number of fused-ring (bicyclic) bond motifs is 1. The summed E-state index contributed by atoms with van der Waals surface area (Å²) in [4.78, 5) is 10.5. The van der Waals surface area contributed by atoms with E-state index >= 15 is 0 Å². The number of anilines is 1. The van der Waals surface area contributed by atoms with Crippen molar-refractivity contribution in [2.24, 2.45) is 0 Å². The van der Waals surface area contributed by atoms with Gasteiger partial charge >= 0.3 is 21.4 Å². The summed E-state index contributed by atoms with van der Waals surface area (Å²) >= 11 is 0. The van der Waals surface area contributed by atoms with E-state index in [1.165, 1.54) is 10.8 Å². The normalized spacial score (nSPS) is 12.3. The number of halogens is 3. The summed E-state index contributed by atoms with van der Waals surface area (Å²) in [5, 5.41) is 11.5. The van der Waals surface area contributed by atoms with E-state index in [1.54, 1.807) is 30.3 Å². The van der Waals surface area contributed by atoms with E-state index in [0.717, 1.165) is 12.1 Å². The van der Waals surface area contributed by atoms with Crippen LogP contribution in [-0.2, 0) is 10.0 Å². The summed E-state index contributed by atoms with van der Waals surface area (Å²) in [6.45, 7) is 0. The molecule has 0 fully saturated rings. The minimum atomic E-state index is -5.62. The summed E-state index contributed by atoms with van der Waals surface area (Å²) < 4.78 is 66.3. The van der Waals surface area contributed by atoms with E-state index < -0.39 is 32.0 Å². The molecule has 0 radical (unpaired) electrons. The SMILES string of the molecule is O=[N+]([O-])c1oc2cc(NS(=O)(=O)C(F)(F)F)ccc2c1-c1ccccc1. The Hall–Kier alpha value is -3.08. The van der Waals surface area contributed by atoms with Gasteiger partial charge in [-0.1, -0.05) is 30.3 Å². The molecule has 0 aliphatic carbocycles. The second-order valence-corrected chi connectivity index (χ2v) is 6.84. The molecule has 136 valence electrons. The van der Waals surface area contributed by atoms with Gasteiger partial charge in [0.05, 0.1) is 5.69 Å². The first-order valence-electron chi connectivity index (χ1n) is 6.95. The number of nitrogens with one attached hydrogen (secondary N) is 1. The maximum atomic E-state index is 12.5. The molecule has 1 aromatic heterocycles. The van der Waals surface area contributed by atoms with E-state index in [9.17, 15) is 31.7 Å². The largest absolute Gasteiger partial charge is 0.516 e. The standard InChI is InChI=1S/C15H9F3N2O5S/c16-15(17,18)26(23,24)19-10-6-7-11-12(8-10)25-14(20(21)22)13(11)9-4-2-1-3-5-9/h1-8,19H. The highest BCUT2D eigenvalue weighted by molar-refractivity contribution is 7.93. The quantitative estimate of drug-likeness (QED) is 0.533. The highest BCUT2D eigenvalue weighted by atomic mass is 32.2. The topological polar surface area (TPSA) is 102 Å². The number of rotatable bonds is 4. The molecule has 0 spiro atoms. The maximum absolute atomic E-state index is 12.5. The molecule has 0 saturated heterocycles. The van der Waals surface area contributed by atoms with Crippen molar-refractivity contribution in [3.8, 4) is 11.1 Å². The Bertz CT molecular complexity index is 1090. The minimum absolute atomic E-state index is 0.127. The van der Waals surface area contributed by atoms with Crippen LogP contribution >= 0.6 is 0 Å². The number of nitro groups is 1. The van der Waals surface area contributed by atoms with Crippen LogP contribution in [0.5, 0.6) is 0 Å². The zero-order chi connectivity index (χ0) is 19.1. The monoisotopic (exact) mass is 386 g/mol. The Morgan fingerprint density at radius 1 is 1.08 bits per heavy atom. The lowest BCUT2D eigenvalue weighted by Gasteiger charge is -2.10. The van der Waals surface area contributed by atoms with Crippen LogP contribution in [0.15, 0.2) is 52.9 Å². The predicted molar refractivity (Wildman–Crippen MR) is 86.9 cm³/mol. The van der Waals surface area contributed by atoms with E-state index in [2.05, 4.69) is 0 Å². The van der Waals surface area contributed by atoms with Crippen molar-refractivity contribution >= 4 is 32.6 Å². The van der Waals surface area contributed by atoms with E-state index in [1.807, 2.05) is 0 Å². The number of hydrogen-bond donors (Lipinski definition) is 1. The Kier molecular flexibility index (Phi) is 4.11. The lowest BCUT2D eigenvalue weighted by molar-refractivity contribution is -0.400. The first kappa shape index (κ1) is 17.7. The lowest BCUT2D eigenvalue weighted by atomic mass is 10.0. The molecule has 0 bridgehead atoms. The van der Waals surface area contributed by atoms with Gasteiger partial charge in [0.2, 0.25) is 0 Å². The van der Waals surface area contributed by atoms with Gasteiger partial charge in [0.15, 0.2) is 0 Å². The molecule has 0 atom stereocenters. The van der Waals surface area contributed by atoms with Crippen molar-refractivity contribution < 1.29 is 30.9 Å². The fraction of sp³-hybridized carbons (Fsp3) is 0.0667. The van der Waals surface area contributed by atoms with Gasteiger partial charge in [-0.15, -0.1) is 0 Å². The van der Waals surface area contributed by atoms with Crippen molar-refractivity contribution in [2.45, 2.75) is 5.51 Å². The lowest BCUT2D eigenvalue weighted by Crippen LogP contribution is -2.29. The smallest absolute Gasteiger partial charge is 0.400 e. The summed E-state index contributed by atoms with van der Waals surface area (Å²) in [6.07, 6.45) is 0. The molecule has 0 amide bonds. The van der Waals surface area contributed by atoms with Crippen LogP contribution in [-0.4, -0.2) is 18.8 Å². The first-order valence-corrected chi connectivity index (χ1v) is 8.44. The van der Waals surface area contributed by atoms with Gasteiger partial charge < -0.3 is 4.42 Å². The second-order valence-electron chi connectivity index (χ2n) is 5.17. The number of furan rings is 1. The molecule has 0 unspecified atom stereocenters. The van der Waals surface area contributed by atoms with Gasteiger partial charge in [0.1, 0.15) is 16.1 Å². The molecular weight excluding hydrogens is 377 g/mol. The van der Waals surface area contributed by atoms with Crippen LogP contribution in [0, 0.1) is 10.1 Å². The Morgan fingerprint density at radius 3 is 2.31 bits per heavy atom. The molecule has 7 nitrogen and oxygen atoms in total. The van der Waals surface area contributed by atoms with E-state index in [0.29, 0.717) is 5.56 Å². The molecule has 1 N–H and O–H groups in total. The van der Waals surface area contributed by atoms with Gasteiger partial charge in [0.25, 0.3) is 0 Å². The summed E-state index contributed by atoms with van der Waals surface area (Å²) in [5.41, 5.74) is -5.43. The molecule has 0 saturated carbocycles. The van der Waals surface area contributed by atoms with Crippen molar-refractivity contribution in [2.75, 3.05) is 4.72 Å². The van der Waals surface area contributed by atoms with Crippen LogP contribution in [0.2, 0.25) is 0 Å². The summed E-state index contributed by atoms with van der Waals surface area (Å²) in [5.74, 6) is -0.595. The first-order chi connectivity index (χ1) is 12.1. The van der Waals surface area contributed by atoms with Crippen molar-refractivity contribution in [3.05, 3.63) is 58.6 Å². The highest BCUT2D eigenvalue weighted by Crippen LogP contribution is 2.40. The minimum Gasteiger partial charge on any atom is -0.400 e. The molecule has 11 heteroatoms. The average molecular weight is 386 g/mol. The van der Waals surface area contributed by atoms with Crippen molar-refractivity contribution in [1.29, 1.82) is 0 Å². The third-order valence-electron chi connectivity index (χ3n) is 3.46. The molecule has 26 heavy (non-hydrogen) atoms. The van der Waals surface area contributed by atoms with Crippen LogP contribution in [0.4, 0.5) is 24.7 Å². The third kappa shape index (κ3) is 3.08. The van der Waals surface area contributed by atoms with Gasteiger partial charge in [-0.05, 0) is 17.7 Å². The molecule has 3 aromatic rings. The Morgan fingerprint density at radius 2 is 1.73 bits per heavy atom. The Labute approximate surface area is 144 Å². The second kappa shape index (κ2) is 6.02. The van der Waals surface area contributed by atoms with Gasteiger partial charge in [-0.25, -0.2) is 0 Å². The number of alkyl halides is 3. The zero-order valence-electron chi connectivity index (χ0n) is 12.6. The molecular formula is C15H9F3N2O5S. The fourth-order valence-electron chi connectivity index (χ4n) is 2.37. The molecule has 1 heterocycles. The number of sulfonamides is 1. The summed E-state index contributed by atoms with van der Waals surface area (Å²) in [6, 6.07) is 11.5.